The van der Waals surface area contributed by atoms with Gasteiger partial charge in [0.15, 0.2) is 0 Å². The average Bonchev–Trinajstić information content (AvgIpc) is 2.48. The number of nitro benzene ring substituents is 1. The number of hydrogen-bond donors (Lipinski definition) is 2. The molecule has 0 amide bonds. The monoisotopic (exact) mass is 271 g/mol. The fourth-order valence-corrected chi connectivity index (χ4v) is 2.06. The Hall–Kier alpha value is -2.40. The van der Waals surface area contributed by atoms with Crippen molar-refractivity contribution in [3.05, 3.63) is 63.7 Å². The number of benzene rings is 2. The van der Waals surface area contributed by atoms with Gasteiger partial charge in [-0.05, 0) is 29.7 Å². The fourth-order valence-electron chi connectivity index (χ4n) is 2.06. The van der Waals surface area contributed by atoms with E-state index in [-0.39, 0.29) is 12.2 Å². The molecule has 0 aliphatic carbocycles. The zero-order chi connectivity index (χ0) is 14.5. The highest BCUT2D eigenvalue weighted by atomic mass is 16.6. The molecule has 0 atom stereocenters. The van der Waals surface area contributed by atoms with Crippen molar-refractivity contribution in [1.29, 1.82) is 0 Å². The number of aryl methyl sites for hydroxylation is 1. The molecule has 2 aromatic rings. The van der Waals surface area contributed by atoms with E-state index in [1.54, 1.807) is 12.1 Å². The van der Waals surface area contributed by atoms with Crippen molar-refractivity contribution >= 4 is 17.1 Å². The molecule has 2 rings (SSSR count). The number of nitrogens with one attached hydrogen (secondary N) is 1. The van der Waals surface area contributed by atoms with Crippen LogP contribution in [0.4, 0.5) is 17.1 Å². The van der Waals surface area contributed by atoms with Crippen LogP contribution in [-0.4, -0.2) is 4.92 Å². The first kappa shape index (κ1) is 14.0. The predicted octanol–water partition coefficient (Wildman–Crippen LogP) is 3.36. The minimum absolute atomic E-state index is 0.0406. The molecular formula is C15H17N3O2. The minimum Gasteiger partial charge on any atom is -0.350 e. The molecule has 104 valence electrons. The van der Waals surface area contributed by atoms with Crippen LogP contribution in [0.5, 0.6) is 0 Å². The maximum atomic E-state index is 11.2. The van der Waals surface area contributed by atoms with Crippen molar-refractivity contribution in [2.24, 2.45) is 5.73 Å². The summed E-state index contributed by atoms with van der Waals surface area (Å²) in [4.78, 5) is 10.8. The highest BCUT2D eigenvalue weighted by Gasteiger charge is 2.15. The third-order valence-electron chi connectivity index (χ3n) is 3.16. The molecule has 5 heteroatoms. The van der Waals surface area contributed by atoms with Crippen molar-refractivity contribution in [1.82, 2.24) is 0 Å². The Morgan fingerprint density at radius 2 is 1.95 bits per heavy atom. The van der Waals surface area contributed by atoms with Gasteiger partial charge in [-0.15, -0.1) is 0 Å². The standard InChI is InChI=1S/C15H17N3O2/c1-2-12-5-3-4-6-13(12)17-14-8-7-11(10-16)9-15(14)18(19)20/h3-9,17H,2,10,16H2,1H3. The van der Waals surface area contributed by atoms with Crippen LogP contribution in [0, 0.1) is 10.1 Å². The second kappa shape index (κ2) is 6.16. The Balaban J connectivity index is 2.40. The van der Waals surface area contributed by atoms with Crippen molar-refractivity contribution in [3.63, 3.8) is 0 Å². The molecule has 0 heterocycles. The van der Waals surface area contributed by atoms with Crippen LogP contribution in [-0.2, 0) is 13.0 Å². The summed E-state index contributed by atoms with van der Waals surface area (Å²) in [6, 6.07) is 12.8. The van der Waals surface area contributed by atoms with Crippen molar-refractivity contribution < 1.29 is 4.92 Å². The van der Waals surface area contributed by atoms with Gasteiger partial charge >= 0.3 is 0 Å². The average molecular weight is 271 g/mol. The van der Waals surface area contributed by atoms with Crippen LogP contribution in [0.1, 0.15) is 18.1 Å². The van der Waals surface area contributed by atoms with Crippen LogP contribution in [0.25, 0.3) is 0 Å². The molecule has 0 aliphatic heterocycles. The molecule has 0 radical (unpaired) electrons. The van der Waals surface area contributed by atoms with Crippen molar-refractivity contribution in [2.45, 2.75) is 19.9 Å². The topological polar surface area (TPSA) is 81.2 Å². The highest BCUT2D eigenvalue weighted by Crippen LogP contribution is 2.30. The Labute approximate surface area is 117 Å². The van der Waals surface area contributed by atoms with Gasteiger partial charge in [0.2, 0.25) is 0 Å². The maximum absolute atomic E-state index is 11.2. The number of nitrogens with two attached hydrogens (primary N) is 1. The van der Waals surface area contributed by atoms with Crippen LogP contribution in [0.15, 0.2) is 42.5 Å². The van der Waals surface area contributed by atoms with Crippen LogP contribution < -0.4 is 11.1 Å². The van der Waals surface area contributed by atoms with Gasteiger partial charge in [0, 0.05) is 18.3 Å². The first-order valence-corrected chi connectivity index (χ1v) is 6.48. The lowest BCUT2D eigenvalue weighted by Gasteiger charge is -2.11. The molecule has 0 saturated carbocycles. The molecule has 0 saturated heterocycles. The smallest absolute Gasteiger partial charge is 0.292 e. The van der Waals surface area contributed by atoms with Gasteiger partial charge in [-0.3, -0.25) is 10.1 Å². The molecular weight excluding hydrogens is 254 g/mol. The minimum atomic E-state index is -0.393. The van der Waals surface area contributed by atoms with Crippen LogP contribution in [0.3, 0.4) is 0 Å². The van der Waals surface area contributed by atoms with Crippen LogP contribution in [0.2, 0.25) is 0 Å². The van der Waals surface area contributed by atoms with Gasteiger partial charge in [-0.2, -0.15) is 0 Å². The summed E-state index contributed by atoms with van der Waals surface area (Å²) < 4.78 is 0. The summed E-state index contributed by atoms with van der Waals surface area (Å²) in [5.74, 6) is 0. The first-order valence-electron chi connectivity index (χ1n) is 6.48. The largest absolute Gasteiger partial charge is 0.350 e. The molecule has 5 nitrogen and oxygen atoms in total. The molecule has 0 bridgehead atoms. The highest BCUT2D eigenvalue weighted by molar-refractivity contribution is 5.71. The summed E-state index contributed by atoms with van der Waals surface area (Å²) in [7, 11) is 0. The van der Waals surface area contributed by atoms with E-state index >= 15 is 0 Å². The lowest BCUT2D eigenvalue weighted by Crippen LogP contribution is -2.02. The Morgan fingerprint density at radius 1 is 1.20 bits per heavy atom. The third kappa shape index (κ3) is 2.95. The van der Waals surface area contributed by atoms with Gasteiger partial charge < -0.3 is 11.1 Å². The van der Waals surface area contributed by atoms with E-state index in [0.29, 0.717) is 5.69 Å². The Morgan fingerprint density at radius 3 is 2.60 bits per heavy atom. The number of nitrogens with zero attached hydrogens (tertiary/aromatic N) is 1. The second-order valence-electron chi connectivity index (χ2n) is 4.45. The van der Waals surface area contributed by atoms with Gasteiger partial charge in [-0.1, -0.05) is 31.2 Å². The van der Waals surface area contributed by atoms with Gasteiger partial charge in [0.25, 0.3) is 5.69 Å². The summed E-state index contributed by atoms with van der Waals surface area (Å²) in [6.45, 7) is 2.33. The summed E-state index contributed by atoms with van der Waals surface area (Å²) >= 11 is 0. The Kier molecular flexibility index (Phi) is 4.32. The molecule has 3 N–H and O–H groups in total. The molecule has 0 aliphatic rings. The molecule has 0 aromatic heterocycles. The lowest BCUT2D eigenvalue weighted by molar-refractivity contribution is -0.384. The Bertz CT molecular complexity index is 626. The fraction of sp³-hybridized carbons (Fsp3) is 0.200. The van der Waals surface area contributed by atoms with E-state index in [1.807, 2.05) is 31.2 Å². The van der Waals surface area contributed by atoms with Gasteiger partial charge in [0.05, 0.1) is 4.92 Å². The number of rotatable bonds is 5. The van der Waals surface area contributed by atoms with E-state index in [1.165, 1.54) is 6.07 Å². The van der Waals surface area contributed by atoms with E-state index in [4.69, 9.17) is 5.73 Å². The van der Waals surface area contributed by atoms with Gasteiger partial charge in [0.1, 0.15) is 5.69 Å². The normalized spacial score (nSPS) is 10.3. The van der Waals surface area contributed by atoms with E-state index in [0.717, 1.165) is 23.2 Å². The third-order valence-corrected chi connectivity index (χ3v) is 3.16. The number of hydrogen-bond acceptors (Lipinski definition) is 4. The van der Waals surface area contributed by atoms with E-state index in [9.17, 15) is 10.1 Å². The molecule has 0 unspecified atom stereocenters. The SMILES string of the molecule is CCc1ccccc1Nc1ccc(CN)cc1[N+](=O)[O-]. The molecule has 0 spiro atoms. The van der Waals surface area contributed by atoms with Crippen molar-refractivity contribution in [2.75, 3.05) is 5.32 Å². The van der Waals surface area contributed by atoms with Gasteiger partial charge in [-0.25, -0.2) is 0 Å². The zero-order valence-electron chi connectivity index (χ0n) is 11.3. The number of para-hydroxylation sites is 1. The summed E-state index contributed by atoms with van der Waals surface area (Å²) in [6.07, 6.45) is 0.859. The zero-order valence-corrected chi connectivity index (χ0v) is 11.3. The number of anilines is 2. The molecule has 0 fully saturated rings. The first-order chi connectivity index (χ1) is 9.65. The number of nitro groups is 1. The molecule has 2 aromatic carbocycles. The lowest BCUT2D eigenvalue weighted by atomic mass is 10.1. The predicted molar refractivity (Wildman–Crippen MR) is 80.1 cm³/mol. The molecule has 20 heavy (non-hydrogen) atoms. The second-order valence-corrected chi connectivity index (χ2v) is 4.45. The van der Waals surface area contributed by atoms with Crippen LogP contribution >= 0.6 is 0 Å². The summed E-state index contributed by atoms with van der Waals surface area (Å²) in [5.41, 5.74) is 8.79. The van der Waals surface area contributed by atoms with E-state index in [2.05, 4.69) is 5.32 Å². The summed E-state index contributed by atoms with van der Waals surface area (Å²) in [5, 5.41) is 14.3. The van der Waals surface area contributed by atoms with Crippen molar-refractivity contribution in [3.8, 4) is 0 Å². The quantitative estimate of drug-likeness (QED) is 0.645. The van der Waals surface area contributed by atoms with E-state index < -0.39 is 4.92 Å². The maximum Gasteiger partial charge on any atom is 0.292 e.